The molecule has 0 N–H and O–H groups in total. The molecule has 0 saturated heterocycles. The fraction of sp³-hybridized carbons (Fsp3) is 0.278. The Labute approximate surface area is 129 Å². The van der Waals surface area contributed by atoms with Crippen molar-refractivity contribution in [3.05, 3.63) is 65.7 Å². The smallest absolute Gasteiger partial charge is 0.126 e. The first-order valence-electron chi connectivity index (χ1n) is 7.71. The third-order valence-corrected chi connectivity index (χ3v) is 4.39. The van der Waals surface area contributed by atoms with Gasteiger partial charge in [0.15, 0.2) is 0 Å². The van der Waals surface area contributed by atoms with E-state index >= 15 is 0 Å². The molecule has 1 aromatic heterocycles. The Morgan fingerprint density at radius 2 is 1.82 bits per heavy atom. The molecule has 3 nitrogen and oxygen atoms in total. The van der Waals surface area contributed by atoms with Crippen LogP contribution in [0.5, 0.6) is 0 Å². The molecule has 4 rings (SSSR count). The summed E-state index contributed by atoms with van der Waals surface area (Å²) in [6.45, 7) is 3.64. The molecule has 4 heteroatoms. The highest BCUT2D eigenvalue weighted by Gasteiger charge is 2.19. The Bertz CT molecular complexity index is 809. The summed E-state index contributed by atoms with van der Waals surface area (Å²) >= 11 is 0. The van der Waals surface area contributed by atoms with Crippen molar-refractivity contribution < 1.29 is 4.39 Å². The molecule has 3 aromatic rings. The number of hydrogen-bond donors (Lipinski definition) is 0. The lowest BCUT2D eigenvalue weighted by atomic mass is 10.1. The second kappa shape index (κ2) is 5.54. The number of para-hydroxylation sites is 2. The van der Waals surface area contributed by atoms with Crippen molar-refractivity contribution in [2.45, 2.75) is 19.5 Å². The number of rotatable bonds is 3. The van der Waals surface area contributed by atoms with Crippen molar-refractivity contribution >= 4 is 11.0 Å². The maximum atomic E-state index is 13.7. The standard InChI is InChI=1S/C18H18FN3/c19-15-6-2-1-5-14(15)9-10-21-11-12-22-17-8-4-3-7-16(17)20-18(22)13-21/h1-8H,9-13H2. The van der Waals surface area contributed by atoms with E-state index in [1.54, 1.807) is 6.07 Å². The zero-order valence-corrected chi connectivity index (χ0v) is 12.4. The zero-order chi connectivity index (χ0) is 14.9. The minimum Gasteiger partial charge on any atom is -0.326 e. The zero-order valence-electron chi connectivity index (χ0n) is 12.4. The molecular weight excluding hydrogens is 277 g/mol. The van der Waals surface area contributed by atoms with Gasteiger partial charge in [-0.1, -0.05) is 30.3 Å². The molecule has 22 heavy (non-hydrogen) atoms. The molecule has 0 unspecified atom stereocenters. The predicted molar refractivity (Wildman–Crippen MR) is 85.1 cm³/mol. The van der Waals surface area contributed by atoms with Crippen molar-refractivity contribution in [2.24, 2.45) is 0 Å². The van der Waals surface area contributed by atoms with Crippen LogP contribution in [0.25, 0.3) is 11.0 Å². The summed E-state index contributed by atoms with van der Waals surface area (Å²) in [6, 6.07) is 15.3. The number of nitrogens with zero attached hydrogens (tertiary/aromatic N) is 3. The van der Waals surface area contributed by atoms with E-state index in [1.807, 2.05) is 18.2 Å². The molecule has 2 heterocycles. The van der Waals surface area contributed by atoms with Crippen LogP contribution in [0.4, 0.5) is 4.39 Å². The summed E-state index contributed by atoms with van der Waals surface area (Å²) in [6.07, 6.45) is 0.743. The van der Waals surface area contributed by atoms with Gasteiger partial charge in [-0.25, -0.2) is 9.37 Å². The van der Waals surface area contributed by atoms with Crippen molar-refractivity contribution in [1.29, 1.82) is 0 Å². The number of halogens is 1. The van der Waals surface area contributed by atoms with Crippen LogP contribution in [0.3, 0.4) is 0 Å². The largest absolute Gasteiger partial charge is 0.326 e. The molecule has 0 radical (unpaired) electrons. The lowest BCUT2D eigenvalue weighted by Gasteiger charge is -2.27. The van der Waals surface area contributed by atoms with Gasteiger partial charge < -0.3 is 4.57 Å². The molecule has 0 aliphatic carbocycles. The van der Waals surface area contributed by atoms with Crippen LogP contribution >= 0.6 is 0 Å². The molecule has 1 aliphatic rings. The Morgan fingerprint density at radius 3 is 2.73 bits per heavy atom. The van der Waals surface area contributed by atoms with E-state index in [0.717, 1.165) is 49.5 Å². The molecule has 0 amide bonds. The lowest BCUT2D eigenvalue weighted by molar-refractivity contribution is 0.221. The molecule has 0 saturated carbocycles. The normalized spacial score (nSPS) is 15.1. The maximum absolute atomic E-state index is 13.7. The summed E-state index contributed by atoms with van der Waals surface area (Å²) in [4.78, 5) is 7.08. The minimum absolute atomic E-state index is 0.105. The van der Waals surface area contributed by atoms with E-state index in [2.05, 4.69) is 27.7 Å². The fourth-order valence-corrected chi connectivity index (χ4v) is 3.19. The van der Waals surface area contributed by atoms with Crippen LogP contribution < -0.4 is 0 Å². The van der Waals surface area contributed by atoms with E-state index in [9.17, 15) is 4.39 Å². The first kappa shape index (κ1) is 13.5. The van der Waals surface area contributed by atoms with Crippen LogP contribution in [0.15, 0.2) is 48.5 Å². The lowest BCUT2D eigenvalue weighted by Crippen LogP contribution is -2.35. The van der Waals surface area contributed by atoms with E-state index in [-0.39, 0.29) is 5.82 Å². The van der Waals surface area contributed by atoms with Crippen LogP contribution in [0.1, 0.15) is 11.4 Å². The number of aromatic nitrogens is 2. The third kappa shape index (κ3) is 2.40. The monoisotopic (exact) mass is 295 g/mol. The summed E-state index contributed by atoms with van der Waals surface area (Å²) in [5, 5.41) is 0. The minimum atomic E-state index is -0.105. The fourth-order valence-electron chi connectivity index (χ4n) is 3.19. The average molecular weight is 295 g/mol. The Balaban J connectivity index is 1.49. The molecular formula is C18H18FN3. The number of fused-ring (bicyclic) bond motifs is 3. The molecule has 0 bridgehead atoms. The summed E-state index contributed by atoms with van der Waals surface area (Å²) in [5.41, 5.74) is 3.07. The highest BCUT2D eigenvalue weighted by molar-refractivity contribution is 5.75. The van der Waals surface area contributed by atoms with Crippen molar-refractivity contribution in [3.8, 4) is 0 Å². The van der Waals surface area contributed by atoms with Crippen molar-refractivity contribution in [3.63, 3.8) is 0 Å². The quantitative estimate of drug-likeness (QED) is 0.739. The Morgan fingerprint density at radius 1 is 1.00 bits per heavy atom. The topological polar surface area (TPSA) is 21.1 Å². The van der Waals surface area contributed by atoms with Crippen LogP contribution in [-0.4, -0.2) is 27.5 Å². The molecule has 1 aliphatic heterocycles. The van der Waals surface area contributed by atoms with E-state index < -0.39 is 0 Å². The molecule has 2 aromatic carbocycles. The molecule has 112 valence electrons. The van der Waals surface area contributed by atoms with Gasteiger partial charge in [0.25, 0.3) is 0 Å². The Kier molecular flexibility index (Phi) is 3.39. The van der Waals surface area contributed by atoms with Crippen LogP contribution in [-0.2, 0) is 19.5 Å². The van der Waals surface area contributed by atoms with Crippen molar-refractivity contribution in [2.75, 3.05) is 13.1 Å². The van der Waals surface area contributed by atoms with Crippen LogP contribution in [0.2, 0.25) is 0 Å². The number of imidazole rings is 1. The number of hydrogen-bond acceptors (Lipinski definition) is 2. The first-order chi connectivity index (χ1) is 10.8. The highest BCUT2D eigenvalue weighted by atomic mass is 19.1. The highest BCUT2D eigenvalue weighted by Crippen LogP contribution is 2.20. The summed E-state index contributed by atoms with van der Waals surface area (Å²) in [5.74, 6) is 1.01. The third-order valence-electron chi connectivity index (χ3n) is 4.39. The number of benzene rings is 2. The average Bonchev–Trinajstić information content (AvgIpc) is 2.92. The second-order valence-electron chi connectivity index (χ2n) is 5.79. The van der Waals surface area contributed by atoms with Gasteiger partial charge in [0.1, 0.15) is 11.6 Å². The van der Waals surface area contributed by atoms with Gasteiger partial charge in [-0.3, -0.25) is 4.90 Å². The van der Waals surface area contributed by atoms with Crippen molar-refractivity contribution in [1.82, 2.24) is 14.5 Å². The molecule has 0 atom stereocenters. The van der Waals surface area contributed by atoms with E-state index in [1.165, 1.54) is 11.6 Å². The maximum Gasteiger partial charge on any atom is 0.126 e. The van der Waals surface area contributed by atoms with Gasteiger partial charge in [-0.15, -0.1) is 0 Å². The van der Waals surface area contributed by atoms with Gasteiger partial charge in [0, 0.05) is 19.6 Å². The van der Waals surface area contributed by atoms with Gasteiger partial charge in [0.2, 0.25) is 0 Å². The first-order valence-corrected chi connectivity index (χ1v) is 7.71. The van der Waals surface area contributed by atoms with Gasteiger partial charge in [-0.2, -0.15) is 0 Å². The van der Waals surface area contributed by atoms with E-state index in [0.29, 0.717) is 0 Å². The van der Waals surface area contributed by atoms with E-state index in [4.69, 9.17) is 4.98 Å². The van der Waals surface area contributed by atoms with Gasteiger partial charge in [-0.05, 0) is 30.2 Å². The Hall–Kier alpha value is -2.20. The molecule has 0 fully saturated rings. The van der Waals surface area contributed by atoms with Gasteiger partial charge in [0.05, 0.1) is 17.6 Å². The predicted octanol–water partition coefficient (Wildman–Crippen LogP) is 3.23. The van der Waals surface area contributed by atoms with Gasteiger partial charge >= 0.3 is 0 Å². The summed E-state index contributed by atoms with van der Waals surface area (Å²) in [7, 11) is 0. The molecule has 0 spiro atoms. The SMILES string of the molecule is Fc1ccccc1CCN1CCn2c(nc3ccccc32)C1. The second-order valence-corrected chi connectivity index (χ2v) is 5.79. The summed E-state index contributed by atoms with van der Waals surface area (Å²) < 4.78 is 16.0. The van der Waals surface area contributed by atoms with Crippen LogP contribution in [0, 0.1) is 5.82 Å².